The summed E-state index contributed by atoms with van der Waals surface area (Å²) in [5.41, 5.74) is 2.73. The number of para-hydroxylation sites is 2. The van der Waals surface area contributed by atoms with E-state index in [1.165, 1.54) is 77.0 Å². The van der Waals surface area contributed by atoms with Crippen molar-refractivity contribution in [3.63, 3.8) is 0 Å². The number of hydrogen-bond donors (Lipinski definition) is 0. The van der Waals surface area contributed by atoms with Gasteiger partial charge in [-0.25, -0.2) is 4.99 Å². The van der Waals surface area contributed by atoms with E-state index in [0.29, 0.717) is 0 Å². The molecule has 32 heavy (non-hydrogen) atoms. The number of nitrogens with zero attached hydrogens (tertiary/aromatic N) is 3. The molecule has 168 valence electrons. The highest BCUT2D eigenvalue weighted by atomic mass is 32.2. The SMILES string of the molecule is CC1(/N=c2\sc3ccccc3n2CC2CCCC2)Sc2ccccc2N1CC1CCCC1. The molecule has 2 fully saturated rings. The van der Waals surface area contributed by atoms with Crippen LogP contribution in [0.1, 0.15) is 58.3 Å². The molecule has 2 aromatic carbocycles. The summed E-state index contributed by atoms with van der Waals surface area (Å²) < 4.78 is 3.90. The molecule has 3 nitrogen and oxygen atoms in total. The second-order valence-electron chi connectivity index (χ2n) is 9.99. The molecule has 2 heterocycles. The van der Waals surface area contributed by atoms with Gasteiger partial charge in [-0.1, -0.05) is 73.0 Å². The van der Waals surface area contributed by atoms with Crippen LogP contribution in [0.15, 0.2) is 58.4 Å². The summed E-state index contributed by atoms with van der Waals surface area (Å²) in [4.78, 5) is 10.5. The maximum absolute atomic E-state index is 5.58. The van der Waals surface area contributed by atoms with E-state index in [1.807, 2.05) is 23.1 Å². The van der Waals surface area contributed by atoms with Crippen LogP contribution in [0.5, 0.6) is 0 Å². The summed E-state index contributed by atoms with van der Waals surface area (Å²) >= 11 is 3.81. The number of thiazole rings is 1. The van der Waals surface area contributed by atoms with Crippen LogP contribution in [0, 0.1) is 11.8 Å². The van der Waals surface area contributed by atoms with Crippen molar-refractivity contribution >= 4 is 39.0 Å². The smallest absolute Gasteiger partial charge is 0.188 e. The average molecular weight is 464 g/mol. The Bertz CT molecular complexity index is 1170. The number of hydrogen-bond acceptors (Lipinski definition) is 4. The Labute approximate surface area is 199 Å². The summed E-state index contributed by atoms with van der Waals surface area (Å²) in [6.45, 7) is 4.58. The van der Waals surface area contributed by atoms with Crippen molar-refractivity contribution in [2.75, 3.05) is 11.4 Å². The van der Waals surface area contributed by atoms with Gasteiger partial charge in [-0.2, -0.15) is 0 Å². The zero-order valence-corrected chi connectivity index (χ0v) is 20.6. The molecule has 0 bridgehead atoms. The first-order chi connectivity index (χ1) is 15.7. The Balaban J connectivity index is 1.44. The van der Waals surface area contributed by atoms with Crippen LogP contribution in [0.3, 0.4) is 0 Å². The molecule has 1 unspecified atom stereocenters. The lowest BCUT2D eigenvalue weighted by atomic mass is 10.1. The van der Waals surface area contributed by atoms with Crippen molar-refractivity contribution in [1.82, 2.24) is 4.57 Å². The molecule has 0 radical (unpaired) electrons. The molecular weight excluding hydrogens is 430 g/mol. The van der Waals surface area contributed by atoms with E-state index in [4.69, 9.17) is 4.99 Å². The third-order valence-electron chi connectivity index (χ3n) is 7.68. The van der Waals surface area contributed by atoms with Gasteiger partial charge >= 0.3 is 0 Å². The highest BCUT2D eigenvalue weighted by Crippen LogP contribution is 2.51. The van der Waals surface area contributed by atoms with Crippen LogP contribution in [0.2, 0.25) is 0 Å². The lowest BCUT2D eigenvalue weighted by molar-refractivity contribution is 0.450. The molecule has 6 rings (SSSR count). The molecule has 3 aliphatic rings. The van der Waals surface area contributed by atoms with Crippen LogP contribution in [-0.2, 0) is 6.54 Å². The Kier molecular flexibility index (Phi) is 5.58. The lowest BCUT2D eigenvalue weighted by Gasteiger charge is -2.34. The molecule has 0 spiro atoms. The fraction of sp³-hybridized carbons (Fsp3) is 0.519. The highest BCUT2D eigenvalue weighted by molar-refractivity contribution is 8.01. The van der Waals surface area contributed by atoms with E-state index in [0.717, 1.165) is 24.9 Å². The Morgan fingerprint density at radius 1 is 0.875 bits per heavy atom. The van der Waals surface area contributed by atoms with Gasteiger partial charge in [0.15, 0.2) is 9.80 Å². The lowest BCUT2D eigenvalue weighted by Crippen LogP contribution is -2.43. The number of rotatable bonds is 5. The van der Waals surface area contributed by atoms with Gasteiger partial charge < -0.3 is 9.47 Å². The van der Waals surface area contributed by atoms with Gasteiger partial charge in [-0.05, 0) is 68.7 Å². The molecule has 1 aromatic heterocycles. The van der Waals surface area contributed by atoms with E-state index in [9.17, 15) is 0 Å². The maximum Gasteiger partial charge on any atom is 0.188 e. The van der Waals surface area contributed by atoms with Gasteiger partial charge in [-0.3, -0.25) is 0 Å². The molecule has 0 amide bonds. The molecule has 3 aromatic rings. The molecule has 0 saturated heterocycles. The molecule has 0 N–H and O–H groups in total. The zero-order valence-electron chi connectivity index (χ0n) is 19.0. The average Bonchev–Trinajstić information content (AvgIpc) is 3.58. The Morgan fingerprint density at radius 3 is 2.31 bits per heavy atom. The zero-order chi connectivity index (χ0) is 21.5. The van der Waals surface area contributed by atoms with Crippen molar-refractivity contribution in [1.29, 1.82) is 0 Å². The number of aromatic nitrogens is 1. The fourth-order valence-electron chi connectivity index (χ4n) is 5.97. The van der Waals surface area contributed by atoms with Crippen molar-refractivity contribution < 1.29 is 0 Å². The summed E-state index contributed by atoms with van der Waals surface area (Å²) in [6, 6.07) is 17.8. The van der Waals surface area contributed by atoms with Crippen LogP contribution >= 0.6 is 23.1 Å². The van der Waals surface area contributed by atoms with Gasteiger partial charge in [-0.15, -0.1) is 0 Å². The summed E-state index contributed by atoms with van der Waals surface area (Å²) in [7, 11) is 0. The van der Waals surface area contributed by atoms with Gasteiger partial charge in [0, 0.05) is 18.0 Å². The topological polar surface area (TPSA) is 20.5 Å². The maximum atomic E-state index is 5.58. The summed E-state index contributed by atoms with van der Waals surface area (Å²) in [5, 5.41) is 0. The number of thioether (sulfide) groups is 1. The van der Waals surface area contributed by atoms with Crippen molar-refractivity contribution in [3.05, 3.63) is 53.3 Å². The third-order valence-corrected chi connectivity index (χ3v) is 10.0. The first-order valence-corrected chi connectivity index (χ1v) is 14.0. The van der Waals surface area contributed by atoms with E-state index in [2.05, 4.69) is 64.9 Å². The van der Waals surface area contributed by atoms with Crippen LogP contribution in [0.25, 0.3) is 10.2 Å². The minimum Gasteiger partial charge on any atom is -0.337 e. The Morgan fingerprint density at radius 2 is 1.53 bits per heavy atom. The highest BCUT2D eigenvalue weighted by Gasteiger charge is 2.42. The van der Waals surface area contributed by atoms with Gasteiger partial charge in [0.2, 0.25) is 0 Å². The predicted octanol–water partition coefficient (Wildman–Crippen LogP) is 7.27. The number of fused-ring (bicyclic) bond motifs is 2. The second-order valence-corrected chi connectivity index (χ2v) is 12.4. The molecule has 5 heteroatoms. The fourth-order valence-corrected chi connectivity index (χ4v) is 8.42. The van der Waals surface area contributed by atoms with Crippen LogP contribution < -0.4 is 9.70 Å². The van der Waals surface area contributed by atoms with E-state index >= 15 is 0 Å². The second kappa shape index (κ2) is 8.57. The number of anilines is 1. The van der Waals surface area contributed by atoms with Crippen molar-refractivity contribution in [2.45, 2.75) is 74.7 Å². The largest absolute Gasteiger partial charge is 0.337 e. The minimum absolute atomic E-state index is 0.287. The summed E-state index contributed by atoms with van der Waals surface area (Å²) in [6.07, 6.45) is 11.0. The van der Waals surface area contributed by atoms with Crippen LogP contribution in [0.4, 0.5) is 5.69 Å². The quantitative estimate of drug-likeness (QED) is 0.396. The molecule has 1 aliphatic heterocycles. The van der Waals surface area contributed by atoms with E-state index < -0.39 is 0 Å². The van der Waals surface area contributed by atoms with E-state index in [-0.39, 0.29) is 4.99 Å². The normalized spacial score (nSPS) is 24.8. The molecule has 2 aliphatic carbocycles. The van der Waals surface area contributed by atoms with Crippen molar-refractivity contribution in [3.8, 4) is 0 Å². The van der Waals surface area contributed by atoms with Gasteiger partial charge in [0.05, 0.1) is 15.9 Å². The van der Waals surface area contributed by atoms with Gasteiger partial charge in [0.25, 0.3) is 0 Å². The van der Waals surface area contributed by atoms with E-state index in [1.54, 1.807) is 0 Å². The molecule has 1 atom stereocenters. The van der Waals surface area contributed by atoms with Crippen molar-refractivity contribution in [2.24, 2.45) is 16.8 Å². The monoisotopic (exact) mass is 463 g/mol. The molecular formula is C27H33N3S2. The first-order valence-electron chi connectivity index (χ1n) is 12.4. The standard InChI is InChI=1S/C27H33N3S2/c1-27(30(19-21-12-4-5-13-21)23-15-7-9-17-25(23)32-27)28-26-29(18-20-10-2-3-11-20)22-14-6-8-16-24(22)31-26/h6-9,14-17,20-21H,2-5,10-13,18-19H2,1H3/b28-26-. The summed E-state index contributed by atoms with van der Waals surface area (Å²) in [5.74, 6) is 1.59. The number of benzene rings is 2. The Hall–Kier alpha value is -1.72. The first kappa shape index (κ1) is 20.9. The van der Waals surface area contributed by atoms with Gasteiger partial charge in [0.1, 0.15) is 0 Å². The predicted molar refractivity (Wildman–Crippen MR) is 137 cm³/mol. The van der Waals surface area contributed by atoms with Crippen LogP contribution in [-0.4, -0.2) is 16.1 Å². The third kappa shape index (κ3) is 3.81. The minimum atomic E-state index is -0.287. The molecule has 2 saturated carbocycles.